The fourth-order valence-corrected chi connectivity index (χ4v) is 2.48. The molecule has 6 heteroatoms. The molecule has 2 rings (SSSR count). The van der Waals surface area contributed by atoms with Gasteiger partial charge in [-0.2, -0.15) is 13.2 Å². The Morgan fingerprint density at radius 2 is 1.67 bits per heavy atom. The lowest BCUT2D eigenvalue weighted by atomic mass is 10.2. The maximum atomic E-state index is 12.1. The molecule has 0 bridgehead atoms. The molecule has 0 aliphatic carbocycles. The molecule has 2 aromatic rings. The van der Waals surface area contributed by atoms with E-state index < -0.39 is 10.0 Å². The Hall–Kier alpha value is -2.34. The molecule has 21 heavy (non-hydrogen) atoms. The number of nitrogens with zero attached hydrogens (tertiary/aromatic N) is 1. The molecule has 0 aliphatic rings. The molecule has 0 atom stereocenters. The van der Waals surface area contributed by atoms with E-state index in [4.69, 9.17) is 4.74 Å². The van der Waals surface area contributed by atoms with Gasteiger partial charge in [-0.05, 0) is 31.2 Å². The second-order valence-electron chi connectivity index (χ2n) is 4.39. The number of hydrogen-bond acceptors (Lipinski definition) is 4. The third-order valence-corrected chi connectivity index (χ3v) is 4.04. The SMILES string of the molecule is COC(=NNS(=O)(=O)c1ccc(C)cc1)c1ccccc1. The summed E-state index contributed by atoms with van der Waals surface area (Å²) < 4.78 is 29.4. The predicted molar refractivity (Wildman–Crippen MR) is 81.5 cm³/mol. The lowest BCUT2D eigenvalue weighted by Gasteiger charge is -2.07. The average Bonchev–Trinajstić information content (AvgIpc) is 2.49. The quantitative estimate of drug-likeness (QED) is 0.535. The highest BCUT2D eigenvalue weighted by atomic mass is 32.2. The molecule has 2 aromatic carbocycles. The standard InChI is InChI=1S/C15H16N2O3S/c1-12-8-10-14(11-9-12)21(18,19)17-16-15(20-2)13-6-4-3-5-7-13/h3-11,17H,1-2H3. The van der Waals surface area contributed by atoms with E-state index in [0.29, 0.717) is 5.56 Å². The van der Waals surface area contributed by atoms with Crippen LogP contribution in [0.1, 0.15) is 11.1 Å². The number of hydrogen-bond donors (Lipinski definition) is 1. The summed E-state index contributed by atoms with van der Waals surface area (Å²) >= 11 is 0. The molecule has 0 unspecified atom stereocenters. The van der Waals surface area contributed by atoms with Crippen LogP contribution in [0.3, 0.4) is 0 Å². The Morgan fingerprint density at radius 3 is 2.24 bits per heavy atom. The molecule has 0 fully saturated rings. The van der Waals surface area contributed by atoms with Gasteiger partial charge in [0.1, 0.15) is 0 Å². The number of hydrazone groups is 1. The first-order chi connectivity index (χ1) is 10.0. The molecule has 0 saturated carbocycles. The summed E-state index contributed by atoms with van der Waals surface area (Å²) in [5.41, 5.74) is 1.67. The topological polar surface area (TPSA) is 67.8 Å². The van der Waals surface area contributed by atoms with Crippen molar-refractivity contribution in [2.75, 3.05) is 7.11 Å². The van der Waals surface area contributed by atoms with Crippen LogP contribution in [0.4, 0.5) is 0 Å². The second-order valence-corrected chi connectivity index (χ2v) is 6.06. The number of methoxy groups -OCH3 is 1. The van der Waals surface area contributed by atoms with Gasteiger partial charge in [-0.25, -0.2) is 0 Å². The maximum absolute atomic E-state index is 12.1. The Labute approximate surface area is 124 Å². The van der Waals surface area contributed by atoms with Gasteiger partial charge in [0.15, 0.2) is 0 Å². The van der Waals surface area contributed by atoms with Crippen molar-refractivity contribution in [2.24, 2.45) is 5.10 Å². The van der Waals surface area contributed by atoms with E-state index in [1.54, 1.807) is 24.3 Å². The minimum atomic E-state index is -3.71. The summed E-state index contributed by atoms with van der Waals surface area (Å²) in [6.45, 7) is 1.89. The Morgan fingerprint density at radius 1 is 1.05 bits per heavy atom. The van der Waals surface area contributed by atoms with Gasteiger partial charge < -0.3 is 4.74 Å². The smallest absolute Gasteiger partial charge is 0.276 e. The van der Waals surface area contributed by atoms with Crippen molar-refractivity contribution in [3.8, 4) is 0 Å². The molecule has 0 radical (unpaired) electrons. The number of rotatable bonds is 4. The van der Waals surface area contributed by atoms with Gasteiger partial charge in [-0.15, -0.1) is 5.10 Å². The summed E-state index contributed by atoms with van der Waals surface area (Å²) in [5, 5.41) is 3.84. The van der Waals surface area contributed by atoms with E-state index in [0.717, 1.165) is 5.56 Å². The van der Waals surface area contributed by atoms with E-state index in [1.165, 1.54) is 19.2 Å². The minimum Gasteiger partial charge on any atom is -0.480 e. The molecule has 5 nitrogen and oxygen atoms in total. The van der Waals surface area contributed by atoms with E-state index in [1.807, 2.05) is 25.1 Å². The zero-order valence-corrected chi connectivity index (χ0v) is 12.6. The summed E-state index contributed by atoms with van der Waals surface area (Å²) in [7, 11) is -2.27. The average molecular weight is 304 g/mol. The molecule has 1 N–H and O–H groups in total. The van der Waals surface area contributed by atoms with Crippen LogP contribution in [0.5, 0.6) is 0 Å². The lowest BCUT2D eigenvalue weighted by Crippen LogP contribution is -2.21. The van der Waals surface area contributed by atoms with Crippen molar-refractivity contribution >= 4 is 15.9 Å². The van der Waals surface area contributed by atoms with Crippen LogP contribution >= 0.6 is 0 Å². The van der Waals surface area contributed by atoms with E-state index in [-0.39, 0.29) is 10.8 Å². The summed E-state index contributed by atoms with van der Waals surface area (Å²) in [6.07, 6.45) is 0. The zero-order valence-electron chi connectivity index (χ0n) is 11.8. The second kappa shape index (κ2) is 6.41. The van der Waals surface area contributed by atoms with Gasteiger partial charge in [0.2, 0.25) is 5.90 Å². The van der Waals surface area contributed by atoms with Crippen LogP contribution in [-0.2, 0) is 14.8 Å². The first-order valence-corrected chi connectivity index (χ1v) is 7.77. The van der Waals surface area contributed by atoms with Crippen molar-refractivity contribution in [3.05, 3.63) is 65.7 Å². The number of aryl methyl sites for hydroxylation is 1. The molecule has 110 valence electrons. The zero-order chi connectivity index (χ0) is 15.3. The van der Waals surface area contributed by atoms with Crippen LogP contribution in [0, 0.1) is 6.92 Å². The van der Waals surface area contributed by atoms with Crippen molar-refractivity contribution in [1.29, 1.82) is 0 Å². The molecule has 0 aliphatic heterocycles. The predicted octanol–water partition coefficient (Wildman–Crippen LogP) is 2.28. The molecular weight excluding hydrogens is 288 g/mol. The highest BCUT2D eigenvalue weighted by molar-refractivity contribution is 7.89. The van der Waals surface area contributed by atoms with E-state index in [2.05, 4.69) is 9.93 Å². The summed E-state index contributed by atoms with van der Waals surface area (Å²) in [5.74, 6) is 0.200. The number of nitrogens with one attached hydrogen (secondary N) is 1. The van der Waals surface area contributed by atoms with Crippen molar-refractivity contribution in [1.82, 2.24) is 4.83 Å². The van der Waals surface area contributed by atoms with Gasteiger partial charge >= 0.3 is 0 Å². The van der Waals surface area contributed by atoms with Crippen LogP contribution in [-0.4, -0.2) is 21.4 Å². The largest absolute Gasteiger partial charge is 0.480 e. The van der Waals surface area contributed by atoms with Crippen LogP contribution in [0.2, 0.25) is 0 Å². The maximum Gasteiger partial charge on any atom is 0.276 e. The number of sulfonamides is 1. The third-order valence-electron chi connectivity index (χ3n) is 2.81. The van der Waals surface area contributed by atoms with Gasteiger partial charge in [0.25, 0.3) is 10.0 Å². The molecule has 0 saturated heterocycles. The normalized spacial score (nSPS) is 12.0. The van der Waals surface area contributed by atoms with Crippen molar-refractivity contribution in [2.45, 2.75) is 11.8 Å². The van der Waals surface area contributed by atoms with Gasteiger partial charge in [-0.3, -0.25) is 0 Å². The molecule has 0 amide bonds. The molecule has 0 aromatic heterocycles. The van der Waals surface area contributed by atoms with Crippen molar-refractivity contribution < 1.29 is 13.2 Å². The van der Waals surface area contributed by atoms with Gasteiger partial charge in [0, 0.05) is 5.56 Å². The lowest BCUT2D eigenvalue weighted by molar-refractivity contribution is 0.401. The monoisotopic (exact) mass is 304 g/mol. The Balaban J connectivity index is 2.24. The van der Waals surface area contributed by atoms with Crippen molar-refractivity contribution in [3.63, 3.8) is 0 Å². The minimum absolute atomic E-state index is 0.153. The summed E-state index contributed by atoms with van der Waals surface area (Å²) in [4.78, 5) is 2.33. The summed E-state index contributed by atoms with van der Waals surface area (Å²) in [6, 6.07) is 15.6. The van der Waals surface area contributed by atoms with E-state index in [9.17, 15) is 8.42 Å². The van der Waals surface area contributed by atoms with Gasteiger partial charge in [-0.1, -0.05) is 35.9 Å². The molecular formula is C15H16N2O3S. The van der Waals surface area contributed by atoms with Crippen LogP contribution < -0.4 is 4.83 Å². The first kappa shape index (κ1) is 15.1. The van der Waals surface area contributed by atoms with E-state index >= 15 is 0 Å². The first-order valence-electron chi connectivity index (χ1n) is 6.28. The number of benzene rings is 2. The van der Waals surface area contributed by atoms with Crippen LogP contribution in [0.15, 0.2) is 64.6 Å². The van der Waals surface area contributed by atoms with Gasteiger partial charge in [0.05, 0.1) is 12.0 Å². The highest BCUT2D eigenvalue weighted by Gasteiger charge is 2.13. The number of ether oxygens (including phenoxy) is 1. The highest BCUT2D eigenvalue weighted by Crippen LogP contribution is 2.10. The third kappa shape index (κ3) is 3.82. The fraction of sp³-hybridized carbons (Fsp3) is 0.133. The Bertz CT molecular complexity index is 723. The molecule has 0 heterocycles. The molecule has 0 spiro atoms. The van der Waals surface area contributed by atoms with Crippen LogP contribution in [0.25, 0.3) is 0 Å². The Kier molecular flexibility index (Phi) is 4.59. The fourth-order valence-electron chi connectivity index (χ4n) is 1.68.